The molecule has 1 heterocycles. The van der Waals surface area contributed by atoms with Gasteiger partial charge in [-0.1, -0.05) is 30.3 Å². The molecule has 0 unspecified atom stereocenters. The van der Waals surface area contributed by atoms with Crippen LogP contribution >= 0.6 is 12.2 Å². The van der Waals surface area contributed by atoms with E-state index in [-0.39, 0.29) is 6.04 Å². The highest BCUT2D eigenvalue weighted by Crippen LogP contribution is 2.20. The molecule has 18 heavy (non-hydrogen) atoms. The molecule has 0 radical (unpaired) electrons. The zero-order valence-electron chi connectivity index (χ0n) is 10.2. The highest BCUT2D eigenvalue weighted by molar-refractivity contribution is 7.71. The van der Waals surface area contributed by atoms with Gasteiger partial charge in [0.1, 0.15) is 5.69 Å². The second kappa shape index (κ2) is 5.18. The van der Waals surface area contributed by atoms with E-state index in [0.717, 1.165) is 5.56 Å². The minimum absolute atomic E-state index is 0.0287. The van der Waals surface area contributed by atoms with Crippen LogP contribution in [0.25, 0.3) is 0 Å². The number of hydrogen-bond donors (Lipinski definition) is 1. The van der Waals surface area contributed by atoms with Crippen LogP contribution in [0.1, 0.15) is 29.0 Å². The monoisotopic (exact) mass is 262 g/mol. The molecular formula is C13H14N2O2S. The van der Waals surface area contributed by atoms with Gasteiger partial charge in [-0.3, -0.25) is 0 Å². The van der Waals surface area contributed by atoms with E-state index in [2.05, 4.69) is 4.98 Å². The van der Waals surface area contributed by atoms with Gasteiger partial charge >= 0.3 is 5.97 Å². The fourth-order valence-electron chi connectivity index (χ4n) is 1.91. The number of aromatic amines is 1. The van der Waals surface area contributed by atoms with E-state index in [1.54, 1.807) is 10.8 Å². The number of carbonyl (C=O) groups excluding carboxylic acids is 1. The van der Waals surface area contributed by atoms with E-state index in [1.807, 2.05) is 37.3 Å². The Labute approximate surface area is 110 Å². The van der Waals surface area contributed by atoms with Gasteiger partial charge < -0.3 is 14.3 Å². The predicted octanol–water partition coefficient (Wildman–Crippen LogP) is 2.94. The number of H-pyrrole nitrogens is 1. The average Bonchev–Trinajstić information content (AvgIpc) is 2.80. The highest BCUT2D eigenvalue weighted by atomic mass is 32.1. The molecule has 0 amide bonds. The molecule has 4 nitrogen and oxygen atoms in total. The van der Waals surface area contributed by atoms with Crippen molar-refractivity contribution in [3.05, 3.63) is 52.6 Å². The molecule has 1 N–H and O–H groups in total. The highest BCUT2D eigenvalue weighted by Gasteiger charge is 2.18. The Morgan fingerprint density at radius 1 is 1.39 bits per heavy atom. The Kier molecular flexibility index (Phi) is 3.62. The standard InChI is InChI=1S/C13H14N2O2S/c1-9(10-6-4-3-5-7-10)15-11(12(16)17-2)8-14-13(15)18/h3-9H,1-2H3,(H,14,18)/t9-/m0/s1. The van der Waals surface area contributed by atoms with E-state index < -0.39 is 5.97 Å². The van der Waals surface area contributed by atoms with E-state index in [1.165, 1.54) is 7.11 Å². The maximum Gasteiger partial charge on any atom is 0.356 e. The second-order valence-corrected chi connectivity index (χ2v) is 4.31. The maximum atomic E-state index is 11.7. The third-order valence-corrected chi connectivity index (χ3v) is 3.19. The molecule has 0 spiro atoms. The van der Waals surface area contributed by atoms with Crippen molar-refractivity contribution >= 4 is 18.2 Å². The van der Waals surface area contributed by atoms with Crippen LogP contribution in [0, 0.1) is 4.77 Å². The summed E-state index contributed by atoms with van der Waals surface area (Å²) in [5.74, 6) is -0.398. The Bertz CT molecular complexity index is 601. The molecule has 1 aromatic carbocycles. The normalized spacial score (nSPS) is 12.1. The van der Waals surface area contributed by atoms with Crippen molar-refractivity contribution in [2.75, 3.05) is 7.11 Å². The summed E-state index contributed by atoms with van der Waals surface area (Å²) < 4.78 is 7.02. The number of imidazole rings is 1. The Hall–Kier alpha value is -1.88. The lowest BCUT2D eigenvalue weighted by atomic mass is 10.1. The molecule has 94 valence electrons. The summed E-state index contributed by atoms with van der Waals surface area (Å²) in [7, 11) is 1.36. The Morgan fingerprint density at radius 2 is 2.06 bits per heavy atom. The van der Waals surface area contributed by atoms with Crippen molar-refractivity contribution in [2.45, 2.75) is 13.0 Å². The fourth-order valence-corrected chi connectivity index (χ4v) is 2.22. The van der Waals surface area contributed by atoms with E-state index in [4.69, 9.17) is 17.0 Å². The molecule has 0 saturated carbocycles. The first-order chi connectivity index (χ1) is 8.65. The molecule has 0 fully saturated rings. The van der Waals surface area contributed by atoms with Crippen LogP contribution in [0.4, 0.5) is 0 Å². The van der Waals surface area contributed by atoms with Gasteiger partial charge in [0.25, 0.3) is 0 Å². The lowest BCUT2D eigenvalue weighted by molar-refractivity contribution is 0.0587. The number of ether oxygens (including phenoxy) is 1. The summed E-state index contributed by atoms with van der Waals surface area (Å²) in [6.45, 7) is 1.99. The summed E-state index contributed by atoms with van der Waals surface area (Å²) in [6.07, 6.45) is 1.58. The molecule has 0 bridgehead atoms. The van der Waals surface area contributed by atoms with Crippen LogP contribution in [-0.4, -0.2) is 22.6 Å². The molecule has 2 rings (SSSR count). The lowest BCUT2D eigenvalue weighted by Crippen LogP contribution is -2.15. The quantitative estimate of drug-likeness (QED) is 0.683. The van der Waals surface area contributed by atoms with E-state index in [0.29, 0.717) is 10.5 Å². The molecule has 0 aliphatic rings. The van der Waals surface area contributed by atoms with Gasteiger partial charge in [0.15, 0.2) is 4.77 Å². The first-order valence-corrected chi connectivity index (χ1v) is 5.99. The third-order valence-electron chi connectivity index (χ3n) is 2.87. The number of esters is 1. The first kappa shape index (κ1) is 12.6. The summed E-state index contributed by atoms with van der Waals surface area (Å²) in [4.78, 5) is 14.6. The Balaban J connectivity index is 2.48. The molecule has 1 atom stereocenters. The Morgan fingerprint density at radius 3 is 2.67 bits per heavy atom. The van der Waals surface area contributed by atoms with Crippen molar-refractivity contribution in [2.24, 2.45) is 0 Å². The predicted molar refractivity (Wildman–Crippen MR) is 71.2 cm³/mol. The van der Waals surface area contributed by atoms with Crippen molar-refractivity contribution in [3.8, 4) is 0 Å². The van der Waals surface area contributed by atoms with Crippen molar-refractivity contribution in [3.63, 3.8) is 0 Å². The number of aromatic nitrogens is 2. The number of nitrogens with zero attached hydrogens (tertiary/aromatic N) is 1. The number of nitrogens with one attached hydrogen (secondary N) is 1. The first-order valence-electron chi connectivity index (χ1n) is 5.58. The average molecular weight is 262 g/mol. The number of rotatable bonds is 3. The van der Waals surface area contributed by atoms with Gasteiger partial charge in [-0.25, -0.2) is 4.79 Å². The number of benzene rings is 1. The summed E-state index contributed by atoms with van der Waals surface area (Å²) >= 11 is 5.22. The zero-order valence-corrected chi connectivity index (χ0v) is 11.0. The van der Waals surface area contributed by atoms with Crippen LogP contribution in [0.15, 0.2) is 36.5 Å². The van der Waals surface area contributed by atoms with Gasteiger partial charge in [-0.05, 0) is 24.7 Å². The second-order valence-electron chi connectivity index (χ2n) is 3.93. The minimum Gasteiger partial charge on any atom is -0.464 e. The summed E-state index contributed by atoms with van der Waals surface area (Å²) in [5.41, 5.74) is 1.51. The van der Waals surface area contributed by atoms with Crippen LogP contribution in [0.2, 0.25) is 0 Å². The van der Waals surface area contributed by atoms with Crippen LogP contribution in [0.5, 0.6) is 0 Å². The maximum absolute atomic E-state index is 11.7. The molecule has 0 saturated heterocycles. The van der Waals surface area contributed by atoms with E-state index >= 15 is 0 Å². The fraction of sp³-hybridized carbons (Fsp3) is 0.231. The van der Waals surface area contributed by atoms with Gasteiger partial charge in [0.2, 0.25) is 0 Å². The van der Waals surface area contributed by atoms with Crippen molar-refractivity contribution < 1.29 is 9.53 Å². The van der Waals surface area contributed by atoms with Gasteiger partial charge in [0.05, 0.1) is 13.2 Å². The van der Waals surface area contributed by atoms with Crippen LogP contribution in [-0.2, 0) is 4.74 Å². The molecular weight excluding hydrogens is 248 g/mol. The number of methoxy groups -OCH3 is 1. The van der Waals surface area contributed by atoms with Crippen LogP contribution < -0.4 is 0 Å². The molecule has 0 aliphatic carbocycles. The smallest absolute Gasteiger partial charge is 0.356 e. The molecule has 2 aromatic rings. The SMILES string of the molecule is COC(=O)c1c[nH]c(=S)n1[C@@H](C)c1ccccc1. The van der Waals surface area contributed by atoms with Crippen molar-refractivity contribution in [1.29, 1.82) is 0 Å². The third kappa shape index (κ3) is 2.22. The number of carbonyl (C=O) groups is 1. The van der Waals surface area contributed by atoms with Gasteiger partial charge in [0, 0.05) is 6.20 Å². The molecule has 5 heteroatoms. The molecule has 1 aromatic heterocycles. The van der Waals surface area contributed by atoms with E-state index in [9.17, 15) is 4.79 Å². The molecule has 0 aliphatic heterocycles. The topological polar surface area (TPSA) is 47.0 Å². The largest absolute Gasteiger partial charge is 0.464 e. The van der Waals surface area contributed by atoms with Gasteiger partial charge in [-0.15, -0.1) is 0 Å². The lowest BCUT2D eigenvalue weighted by Gasteiger charge is -2.16. The summed E-state index contributed by atoms with van der Waals surface area (Å²) in [6, 6.07) is 9.84. The zero-order chi connectivity index (χ0) is 13.1. The minimum atomic E-state index is -0.398. The van der Waals surface area contributed by atoms with Crippen molar-refractivity contribution in [1.82, 2.24) is 9.55 Å². The van der Waals surface area contributed by atoms with Crippen LogP contribution in [0.3, 0.4) is 0 Å². The van der Waals surface area contributed by atoms with Gasteiger partial charge in [-0.2, -0.15) is 0 Å². The summed E-state index contributed by atoms with van der Waals surface area (Å²) in [5, 5.41) is 0. The number of hydrogen-bond acceptors (Lipinski definition) is 3.